The summed E-state index contributed by atoms with van der Waals surface area (Å²) in [7, 11) is -2.37. The van der Waals surface area contributed by atoms with Crippen LogP contribution in [0.2, 0.25) is 0 Å². The molecule has 0 aromatic carbocycles. The molecule has 1 aliphatic heterocycles. The molecule has 1 aliphatic rings. The second-order valence-electron chi connectivity index (χ2n) is 4.62. The Balaban J connectivity index is 2.68. The van der Waals surface area contributed by atoms with Gasteiger partial charge in [-0.05, 0) is 19.3 Å². The van der Waals surface area contributed by atoms with Crippen LogP contribution in [0.4, 0.5) is 0 Å². The first-order valence-electron chi connectivity index (χ1n) is 6.53. The highest BCUT2D eigenvalue weighted by atomic mass is 31.2. The van der Waals surface area contributed by atoms with Crippen LogP contribution in [0.25, 0.3) is 0 Å². The molecule has 0 radical (unpaired) electrons. The van der Waals surface area contributed by atoms with Gasteiger partial charge in [0.2, 0.25) is 5.91 Å². The van der Waals surface area contributed by atoms with E-state index in [9.17, 15) is 9.36 Å². The van der Waals surface area contributed by atoms with Crippen molar-refractivity contribution in [1.29, 1.82) is 0 Å². The summed E-state index contributed by atoms with van der Waals surface area (Å²) in [4.78, 5) is 11.7. The Bertz CT molecular complexity index is 266. The Kier molecular flexibility index (Phi) is 5.54. The van der Waals surface area contributed by atoms with Gasteiger partial charge in [-0.25, -0.2) is 0 Å². The van der Waals surface area contributed by atoms with Gasteiger partial charge in [-0.1, -0.05) is 26.7 Å². The van der Waals surface area contributed by atoms with Crippen LogP contribution in [0, 0.1) is 0 Å². The fraction of sp³-hybridized carbons (Fsp3) is 0.917. The van der Waals surface area contributed by atoms with E-state index in [2.05, 4.69) is 13.8 Å². The number of rotatable bonds is 7. The molecule has 1 amide bonds. The van der Waals surface area contributed by atoms with E-state index in [-0.39, 0.29) is 5.91 Å². The molecule has 0 saturated carbocycles. The lowest BCUT2D eigenvalue weighted by Gasteiger charge is -2.28. The van der Waals surface area contributed by atoms with E-state index in [0.717, 1.165) is 51.0 Å². The number of nitrogens with zero attached hydrogens (tertiary/aromatic N) is 1. The topological polar surface area (TPSA) is 37.4 Å². The van der Waals surface area contributed by atoms with Crippen LogP contribution >= 0.6 is 7.29 Å². The number of carbonyl (C=O) groups excluding carboxylic acids is 1. The SMILES string of the molecule is CCCCP(=O)(CCCC)N1CCCC1=O. The summed E-state index contributed by atoms with van der Waals surface area (Å²) in [5.74, 6) is 0.121. The molecule has 94 valence electrons. The van der Waals surface area contributed by atoms with Crippen LogP contribution in [-0.4, -0.2) is 29.4 Å². The summed E-state index contributed by atoms with van der Waals surface area (Å²) in [6.07, 6.45) is 7.01. The Morgan fingerprint density at radius 1 is 1.19 bits per heavy atom. The highest BCUT2D eigenvalue weighted by molar-refractivity contribution is 7.62. The maximum absolute atomic E-state index is 12.8. The van der Waals surface area contributed by atoms with Gasteiger partial charge in [0.25, 0.3) is 0 Å². The molecule has 0 spiro atoms. The molecule has 0 atom stereocenters. The van der Waals surface area contributed by atoms with E-state index in [1.165, 1.54) is 0 Å². The van der Waals surface area contributed by atoms with Gasteiger partial charge >= 0.3 is 0 Å². The predicted molar refractivity (Wildman–Crippen MR) is 68.1 cm³/mol. The summed E-state index contributed by atoms with van der Waals surface area (Å²) < 4.78 is 14.6. The second kappa shape index (κ2) is 6.44. The Hall–Kier alpha value is -0.300. The van der Waals surface area contributed by atoms with Gasteiger partial charge in [0.05, 0.1) is 0 Å². The number of hydrogen-bond acceptors (Lipinski definition) is 2. The van der Waals surface area contributed by atoms with Crippen molar-refractivity contribution in [3.05, 3.63) is 0 Å². The van der Waals surface area contributed by atoms with Gasteiger partial charge in [-0.3, -0.25) is 9.46 Å². The van der Waals surface area contributed by atoms with E-state index in [1.807, 2.05) is 0 Å². The molecule has 1 fully saturated rings. The quantitative estimate of drug-likeness (QED) is 0.644. The van der Waals surface area contributed by atoms with Gasteiger partial charge in [0.1, 0.15) is 0 Å². The minimum absolute atomic E-state index is 0.121. The van der Waals surface area contributed by atoms with Gasteiger partial charge in [0.15, 0.2) is 7.29 Å². The van der Waals surface area contributed by atoms with Crippen LogP contribution in [0.3, 0.4) is 0 Å². The van der Waals surface area contributed by atoms with Gasteiger partial charge in [0, 0.05) is 25.3 Å². The first-order valence-corrected chi connectivity index (χ1v) is 8.56. The summed E-state index contributed by atoms with van der Waals surface area (Å²) in [6.45, 7) is 4.94. The summed E-state index contributed by atoms with van der Waals surface area (Å²) >= 11 is 0. The van der Waals surface area contributed by atoms with Crippen molar-refractivity contribution < 1.29 is 9.36 Å². The zero-order chi connectivity index (χ0) is 12.0. The third kappa shape index (κ3) is 3.35. The first-order chi connectivity index (χ1) is 7.64. The Morgan fingerprint density at radius 3 is 2.12 bits per heavy atom. The minimum Gasteiger partial charge on any atom is -0.300 e. The largest absolute Gasteiger partial charge is 0.300 e. The molecular formula is C12H24NO2P. The lowest BCUT2D eigenvalue weighted by atomic mass is 10.4. The van der Waals surface area contributed by atoms with Gasteiger partial charge in [-0.2, -0.15) is 0 Å². The Morgan fingerprint density at radius 2 is 1.75 bits per heavy atom. The van der Waals surface area contributed by atoms with Crippen LogP contribution in [0.1, 0.15) is 52.4 Å². The van der Waals surface area contributed by atoms with Crippen LogP contribution in [-0.2, 0) is 9.36 Å². The monoisotopic (exact) mass is 245 g/mol. The standard InChI is InChI=1S/C12H24NO2P/c1-3-5-10-16(15,11-6-4-2)13-9-7-8-12(13)14/h3-11H2,1-2H3. The highest BCUT2D eigenvalue weighted by Gasteiger charge is 2.35. The van der Waals surface area contributed by atoms with E-state index in [0.29, 0.717) is 6.42 Å². The highest BCUT2D eigenvalue weighted by Crippen LogP contribution is 2.53. The lowest BCUT2D eigenvalue weighted by molar-refractivity contribution is -0.123. The summed E-state index contributed by atoms with van der Waals surface area (Å²) in [6, 6.07) is 0. The van der Waals surface area contributed by atoms with Crippen molar-refractivity contribution >= 4 is 13.2 Å². The normalized spacial score (nSPS) is 17.1. The molecular weight excluding hydrogens is 221 g/mol. The van der Waals surface area contributed by atoms with Crippen molar-refractivity contribution in [3.8, 4) is 0 Å². The molecule has 1 rings (SSSR count). The average molecular weight is 245 g/mol. The number of unbranched alkanes of at least 4 members (excludes halogenated alkanes) is 2. The molecule has 0 aliphatic carbocycles. The Labute approximate surface area is 99.0 Å². The molecule has 0 aromatic rings. The zero-order valence-corrected chi connectivity index (χ0v) is 11.5. The smallest absolute Gasteiger partial charge is 0.228 e. The second-order valence-corrected chi connectivity index (χ2v) is 7.69. The lowest BCUT2D eigenvalue weighted by Crippen LogP contribution is -2.24. The molecule has 0 bridgehead atoms. The molecule has 3 nitrogen and oxygen atoms in total. The summed E-state index contributed by atoms with van der Waals surface area (Å²) in [5, 5.41) is 0. The number of amides is 1. The van der Waals surface area contributed by atoms with Crippen molar-refractivity contribution in [2.75, 3.05) is 18.9 Å². The number of hydrogen-bond donors (Lipinski definition) is 0. The summed E-state index contributed by atoms with van der Waals surface area (Å²) in [5.41, 5.74) is 0. The molecule has 1 heterocycles. The van der Waals surface area contributed by atoms with E-state index in [4.69, 9.17) is 0 Å². The molecule has 0 aromatic heterocycles. The predicted octanol–water partition coefficient (Wildman–Crippen LogP) is 3.49. The van der Waals surface area contributed by atoms with E-state index in [1.54, 1.807) is 4.67 Å². The van der Waals surface area contributed by atoms with Crippen LogP contribution < -0.4 is 0 Å². The van der Waals surface area contributed by atoms with Crippen LogP contribution in [0.15, 0.2) is 0 Å². The molecule has 1 saturated heterocycles. The fourth-order valence-electron chi connectivity index (χ4n) is 2.18. The zero-order valence-electron chi connectivity index (χ0n) is 10.6. The van der Waals surface area contributed by atoms with Crippen molar-refractivity contribution in [3.63, 3.8) is 0 Å². The number of carbonyl (C=O) groups is 1. The van der Waals surface area contributed by atoms with E-state index >= 15 is 0 Å². The van der Waals surface area contributed by atoms with Crippen molar-refractivity contribution in [1.82, 2.24) is 4.67 Å². The fourth-order valence-corrected chi connectivity index (χ4v) is 5.52. The molecule has 16 heavy (non-hydrogen) atoms. The van der Waals surface area contributed by atoms with Crippen LogP contribution in [0.5, 0.6) is 0 Å². The van der Waals surface area contributed by atoms with Gasteiger partial charge < -0.3 is 4.57 Å². The van der Waals surface area contributed by atoms with Gasteiger partial charge in [-0.15, -0.1) is 0 Å². The van der Waals surface area contributed by atoms with Crippen molar-refractivity contribution in [2.24, 2.45) is 0 Å². The van der Waals surface area contributed by atoms with E-state index < -0.39 is 7.29 Å². The first kappa shape index (κ1) is 13.8. The third-order valence-electron chi connectivity index (χ3n) is 3.21. The molecule has 0 unspecified atom stereocenters. The molecule has 4 heteroatoms. The third-order valence-corrected chi connectivity index (χ3v) is 6.54. The minimum atomic E-state index is -2.37. The molecule has 0 N–H and O–H groups in total. The maximum Gasteiger partial charge on any atom is 0.228 e. The average Bonchev–Trinajstić information content (AvgIpc) is 2.71. The maximum atomic E-state index is 12.8. The van der Waals surface area contributed by atoms with Crippen molar-refractivity contribution in [2.45, 2.75) is 52.4 Å².